The summed E-state index contributed by atoms with van der Waals surface area (Å²) in [5, 5.41) is 8.28. The van der Waals surface area contributed by atoms with Gasteiger partial charge in [0.05, 0.1) is 5.56 Å². The largest absolute Gasteiger partial charge is 0.420 e. The normalized spacial score (nSPS) is 14.8. The van der Waals surface area contributed by atoms with Gasteiger partial charge >= 0.3 is 0 Å². The number of H-pyrrole nitrogens is 1. The van der Waals surface area contributed by atoms with Crippen LogP contribution in [0.3, 0.4) is 0 Å². The number of nitrogens with one attached hydrogen (secondary N) is 2. The van der Waals surface area contributed by atoms with Crippen LogP contribution in [0, 0.1) is 13.8 Å². The monoisotopic (exact) mass is 400 g/mol. The molecule has 2 heterocycles. The van der Waals surface area contributed by atoms with E-state index in [9.17, 15) is 8.42 Å². The van der Waals surface area contributed by atoms with E-state index in [2.05, 4.69) is 26.8 Å². The Morgan fingerprint density at radius 1 is 1.14 bits per heavy atom. The second-order valence-electron chi connectivity index (χ2n) is 7.31. The molecule has 1 aliphatic rings. The van der Waals surface area contributed by atoms with Crippen LogP contribution in [0.1, 0.15) is 54.9 Å². The molecule has 0 atom stereocenters. The highest BCUT2D eigenvalue weighted by atomic mass is 32.2. The van der Waals surface area contributed by atoms with Gasteiger partial charge in [-0.05, 0) is 50.8 Å². The molecule has 8 heteroatoms. The van der Waals surface area contributed by atoms with Crippen LogP contribution in [0.15, 0.2) is 33.6 Å². The van der Waals surface area contributed by atoms with Gasteiger partial charge in [0.15, 0.2) is 0 Å². The Bertz CT molecular complexity index is 1090. The molecule has 1 aliphatic carbocycles. The van der Waals surface area contributed by atoms with E-state index in [4.69, 9.17) is 4.42 Å². The molecule has 7 nitrogen and oxygen atoms in total. The Labute approximate surface area is 164 Å². The Balaban J connectivity index is 1.71. The zero-order chi connectivity index (χ0) is 19.9. The van der Waals surface area contributed by atoms with Crippen LogP contribution in [0.25, 0.3) is 11.5 Å². The molecular weight excluding hydrogens is 376 g/mol. The highest BCUT2D eigenvalue weighted by molar-refractivity contribution is 7.93. The highest BCUT2D eigenvalue weighted by Crippen LogP contribution is 2.39. The smallest absolute Gasteiger partial charge is 0.264 e. The van der Waals surface area contributed by atoms with Crippen molar-refractivity contribution in [2.45, 2.75) is 57.3 Å². The molecule has 1 fully saturated rings. The third-order valence-electron chi connectivity index (χ3n) is 5.31. The third-order valence-corrected chi connectivity index (χ3v) is 6.86. The summed E-state index contributed by atoms with van der Waals surface area (Å²) >= 11 is 0. The van der Waals surface area contributed by atoms with E-state index < -0.39 is 10.0 Å². The third kappa shape index (κ3) is 3.32. The van der Waals surface area contributed by atoms with Gasteiger partial charge in [-0.1, -0.05) is 25.5 Å². The second kappa shape index (κ2) is 7.09. The van der Waals surface area contributed by atoms with E-state index in [-0.39, 0.29) is 16.7 Å². The van der Waals surface area contributed by atoms with Crippen molar-refractivity contribution < 1.29 is 12.8 Å². The fourth-order valence-corrected chi connectivity index (χ4v) is 5.03. The zero-order valence-corrected chi connectivity index (χ0v) is 17.1. The lowest BCUT2D eigenvalue weighted by Crippen LogP contribution is -2.14. The van der Waals surface area contributed by atoms with Crippen molar-refractivity contribution in [3.8, 4) is 11.5 Å². The fourth-order valence-electron chi connectivity index (χ4n) is 3.52. The van der Waals surface area contributed by atoms with Crippen LogP contribution >= 0.6 is 0 Å². The topological polar surface area (TPSA) is 101 Å². The summed E-state index contributed by atoms with van der Waals surface area (Å²) in [6.45, 7) is 5.60. The number of benzene rings is 1. The van der Waals surface area contributed by atoms with E-state index in [0.29, 0.717) is 28.5 Å². The number of aromatic nitrogens is 3. The molecule has 0 bridgehead atoms. The van der Waals surface area contributed by atoms with Crippen molar-refractivity contribution in [3.63, 3.8) is 0 Å². The molecule has 0 aliphatic heterocycles. The van der Waals surface area contributed by atoms with Gasteiger partial charge in [-0.2, -0.15) is 0 Å². The molecule has 4 rings (SSSR count). The number of aryl methyl sites for hydroxylation is 3. The number of hydrogen-bond acceptors (Lipinski definition) is 5. The maximum atomic E-state index is 13.2. The number of sulfonamides is 1. The van der Waals surface area contributed by atoms with E-state index in [1.807, 2.05) is 19.1 Å². The summed E-state index contributed by atoms with van der Waals surface area (Å²) in [5.74, 6) is 1.12. The van der Waals surface area contributed by atoms with E-state index in [1.165, 1.54) is 0 Å². The Morgan fingerprint density at radius 3 is 2.46 bits per heavy atom. The molecule has 0 spiro atoms. The average Bonchev–Trinajstić information content (AvgIpc) is 3.18. The first-order valence-corrected chi connectivity index (χ1v) is 11.0. The summed E-state index contributed by atoms with van der Waals surface area (Å²) in [6, 6.07) is 7.37. The van der Waals surface area contributed by atoms with Crippen LogP contribution < -0.4 is 4.72 Å². The molecule has 1 aromatic carbocycles. The average molecular weight is 401 g/mol. The molecule has 2 aromatic heterocycles. The quantitative estimate of drug-likeness (QED) is 0.642. The first kappa shape index (κ1) is 18.7. The van der Waals surface area contributed by atoms with Gasteiger partial charge in [0.2, 0.25) is 5.89 Å². The van der Waals surface area contributed by atoms with E-state index in [1.54, 1.807) is 19.1 Å². The van der Waals surface area contributed by atoms with Crippen LogP contribution in [0.4, 0.5) is 5.69 Å². The molecular formula is C20H24N4O3S. The first-order chi connectivity index (χ1) is 13.4. The molecule has 1 saturated carbocycles. The number of anilines is 1. The van der Waals surface area contributed by atoms with Crippen molar-refractivity contribution >= 4 is 15.7 Å². The minimum absolute atomic E-state index is 0.147. The van der Waals surface area contributed by atoms with Crippen molar-refractivity contribution in [1.29, 1.82) is 0 Å². The number of aromatic amines is 1. The Kier molecular flexibility index (Phi) is 4.74. The summed E-state index contributed by atoms with van der Waals surface area (Å²) in [5.41, 5.74) is 3.32. The Morgan fingerprint density at radius 2 is 1.86 bits per heavy atom. The molecule has 0 saturated heterocycles. The molecule has 148 valence electrons. The van der Waals surface area contributed by atoms with Crippen molar-refractivity contribution in [1.82, 2.24) is 15.2 Å². The number of hydrogen-bond donors (Lipinski definition) is 2. The van der Waals surface area contributed by atoms with Crippen LogP contribution in [0.2, 0.25) is 0 Å². The lowest BCUT2D eigenvalue weighted by Gasteiger charge is -2.20. The SMILES string of the molecule is CCc1ccc(NS(=O)(=O)c2c(C)[nH]c(C)c2-c2nnc(C3CCC3)o2)cc1. The number of nitrogens with zero attached hydrogens (tertiary/aromatic N) is 2. The van der Waals surface area contributed by atoms with E-state index in [0.717, 1.165) is 31.2 Å². The van der Waals surface area contributed by atoms with Crippen molar-refractivity contribution in [3.05, 3.63) is 47.1 Å². The van der Waals surface area contributed by atoms with Gasteiger partial charge in [0.25, 0.3) is 15.9 Å². The predicted molar refractivity (Wildman–Crippen MR) is 107 cm³/mol. The predicted octanol–water partition coefficient (Wildman–Crippen LogP) is 4.31. The second-order valence-corrected chi connectivity index (χ2v) is 8.93. The Hall–Kier alpha value is -2.61. The molecule has 3 aromatic rings. The van der Waals surface area contributed by atoms with E-state index >= 15 is 0 Å². The van der Waals surface area contributed by atoms with Gasteiger partial charge in [-0.15, -0.1) is 10.2 Å². The van der Waals surface area contributed by atoms with Crippen molar-refractivity contribution in [2.75, 3.05) is 4.72 Å². The first-order valence-electron chi connectivity index (χ1n) is 9.53. The summed E-state index contributed by atoms with van der Waals surface area (Å²) < 4.78 is 34.9. The van der Waals surface area contributed by atoms with Gasteiger partial charge in [0.1, 0.15) is 4.90 Å². The molecule has 28 heavy (non-hydrogen) atoms. The molecule has 0 amide bonds. The lowest BCUT2D eigenvalue weighted by atomic mass is 9.85. The zero-order valence-electron chi connectivity index (χ0n) is 16.2. The fraction of sp³-hybridized carbons (Fsp3) is 0.400. The maximum Gasteiger partial charge on any atom is 0.264 e. The standard InChI is InChI=1S/C20H24N4O3S/c1-4-14-8-10-16(11-9-14)24-28(25,26)18-13(3)21-12(2)17(18)20-23-22-19(27-20)15-6-5-7-15/h8-11,15,21,24H,4-7H2,1-3H3. The van der Waals surface area contributed by atoms with Gasteiger partial charge in [0, 0.05) is 23.0 Å². The highest BCUT2D eigenvalue weighted by Gasteiger charge is 2.31. The van der Waals surface area contributed by atoms with Crippen LogP contribution in [-0.2, 0) is 16.4 Å². The minimum atomic E-state index is -3.83. The minimum Gasteiger partial charge on any atom is -0.420 e. The summed E-state index contributed by atoms with van der Waals surface area (Å²) in [4.78, 5) is 3.25. The summed E-state index contributed by atoms with van der Waals surface area (Å²) in [6.07, 6.45) is 4.12. The molecule has 2 N–H and O–H groups in total. The van der Waals surface area contributed by atoms with Crippen LogP contribution in [0.5, 0.6) is 0 Å². The van der Waals surface area contributed by atoms with Gasteiger partial charge < -0.3 is 9.40 Å². The maximum absolute atomic E-state index is 13.2. The van der Waals surface area contributed by atoms with Crippen LogP contribution in [-0.4, -0.2) is 23.6 Å². The molecule has 0 radical (unpaired) electrons. The van der Waals surface area contributed by atoms with Gasteiger partial charge in [-0.25, -0.2) is 8.42 Å². The number of rotatable bonds is 6. The van der Waals surface area contributed by atoms with Gasteiger partial charge in [-0.3, -0.25) is 4.72 Å². The van der Waals surface area contributed by atoms with Crippen molar-refractivity contribution in [2.24, 2.45) is 0 Å². The molecule has 0 unspecified atom stereocenters. The lowest BCUT2D eigenvalue weighted by molar-refractivity contribution is 0.338. The summed E-state index contributed by atoms with van der Waals surface area (Å²) in [7, 11) is -3.83.